The molecule has 1 aliphatic rings. The van der Waals surface area contributed by atoms with Gasteiger partial charge in [-0.3, -0.25) is 0 Å². The highest BCUT2D eigenvalue weighted by Crippen LogP contribution is 2.27. The van der Waals surface area contributed by atoms with Crippen molar-refractivity contribution >= 4 is 17.3 Å². The van der Waals surface area contributed by atoms with Crippen LogP contribution in [0.4, 0.5) is 11.4 Å². The van der Waals surface area contributed by atoms with Gasteiger partial charge in [0.15, 0.2) is 0 Å². The minimum absolute atomic E-state index is 0.353. The van der Waals surface area contributed by atoms with Crippen molar-refractivity contribution in [3.63, 3.8) is 0 Å². The van der Waals surface area contributed by atoms with Crippen LogP contribution in [0.2, 0.25) is 0 Å². The van der Waals surface area contributed by atoms with Crippen molar-refractivity contribution in [2.75, 3.05) is 24.7 Å². The van der Waals surface area contributed by atoms with Crippen molar-refractivity contribution in [2.45, 2.75) is 19.3 Å². The summed E-state index contributed by atoms with van der Waals surface area (Å²) in [5.74, 6) is 0.381. The summed E-state index contributed by atoms with van der Waals surface area (Å²) in [4.78, 5) is 11.6. The van der Waals surface area contributed by atoms with Crippen LogP contribution < -0.4 is 11.1 Å². The molecule has 3 N–H and O–H groups in total. The van der Waals surface area contributed by atoms with Crippen molar-refractivity contribution < 1.29 is 9.53 Å². The van der Waals surface area contributed by atoms with Gasteiger partial charge in [0.25, 0.3) is 0 Å². The molecule has 1 fully saturated rings. The molecule has 2 rings (SSSR count). The number of carbonyl (C=O) groups is 1. The number of ether oxygens (including phenoxy) is 1. The number of rotatable bonds is 4. The molecule has 1 saturated carbocycles. The Kier molecular flexibility index (Phi) is 3.52. The largest absolute Gasteiger partial charge is 0.465 e. The number of methoxy groups -OCH3 is 1. The molecular weight excluding hydrogens is 216 g/mol. The summed E-state index contributed by atoms with van der Waals surface area (Å²) >= 11 is 0. The van der Waals surface area contributed by atoms with Gasteiger partial charge in [-0.1, -0.05) is 6.42 Å². The molecule has 0 aromatic heterocycles. The number of hydrogen-bond donors (Lipinski definition) is 2. The van der Waals surface area contributed by atoms with E-state index in [1.165, 1.54) is 26.4 Å². The van der Waals surface area contributed by atoms with Gasteiger partial charge in [0, 0.05) is 17.9 Å². The maximum atomic E-state index is 11.6. The summed E-state index contributed by atoms with van der Waals surface area (Å²) in [5.41, 5.74) is 7.56. The third-order valence-electron chi connectivity index (χ3n) is 3.25. The lowest BCUT2D eigenvalue weighted by molar-refractivity contribution is 0.0602. The Hall–Kier alpha value is -1.71. The van der Waals surface area contributed by atoms with E-state index in [1.807, 2.05) is 6.07 Å². The first-order chi connectivity index (χ1) is 8.20. The molecule has 1 aromatic carbocycles. The Bertz CT molecular complexity index is 414. The Morgan fingerprint density at radius 2 is 2.29 bits per heavy atom. The van der Waals surface area contributed by atoms with E-state index in [0.717, 1.165) is 18.2 Å². The SMILES string of the molecule is COC(=O)c1cc(N)ccc1NCC1CCC1. The quantitative estimate of drug-likeness (QED) is 0.619. The minimum Gasteiger partial charge on any atom is -0.465 e. The van der Waals surface area contributed by atoms with Gasteiger partial charge in [0.2, 0.25) is 0 Å². The number of anilines is 2. The molecular formula is C13H18N2O2. The van der Waals surface area contributed by atoms with E-state index in [9.17, 15) is 4.79 Å². The van der Waals surface area contributed by atoms with E-state index in [0.29, 0.717) is 11.3 Å². The highest BCUT2D eigenvalue weighted by atomic mass is 16.5. The highest BCUT2D eigenvalue weighted by Gasteiger charge is 2.18. The van der Waals surface area contributed by atoms with Crippen molar-refractivity contribution in [2.24, 2.45) is 5.92 Å². The fourth-order valence-electron chi connectivity index (χ4n) is 1.95. The molecule has 0 spiro atoms. The molecule has 0 saturated heterocycles. The summed E-state index contributed by atoms with van der Waals surface area (Å²) in [7, 11) is 1.38. The van der Waals surface area contributed by atoms with Crippen LogP contribution in [-0.4, -0.2) is 19.6 Å². The standard InChI is InChI=1S/C13H18N2O2/c1-17-13(16)11-7-10(14)5-6-12(11)15-8-9-3-2-4-9/h5-7,9,15H,2-4,8,14H2,1H3. The lowest BCUT2D eigenvalue weighted by Gasteiger charge is -2.26. The van der Waals surface area contributed by atoms with Crippen LogP contribution in [0.3, 0.4) is 0 Å². The van der Waals surface area contributed by atoms with Crippen LogP contribution in [0.15, 0.2) is 18.2 Å². The Morgan fingerprint density at radius 1 is 1.53 bits per heavy atom. The molecule has 0 aliphatic heterocycles. The van der Waals surface area contributed by atoms with Gasteiger partial charge in [-0.15, -0.1) is 0 Å². The number of nitrogen functional groups attached to an aromatic ring is 1. The second kappa shape index (κ2) is 5.08. The summed E-state index contributed by atoms with van der Waals surface area (Å²) in [6, 6.07) is 5.27. The van der Waals surface area contributed by atoms with E-state index < -0.39 is 0 Å². The zero-order chi connectivity index (χ0) is 12.3. The molecule has 0 radical (unpaired) electrons. The Labute approximate surface area is 101 Å². The molecule has 1 aliphatic carbocycles. The van der Waals surface area contributed by atoms with Crippen molar-refractivity contribution in [3.8, 4) is 0 Å². The zero-order valence-corrected chi connectivity index (χ0v) is 10.0. The number of nitrogens with one attached hydrogen (secondary N) is 1. The third-order valence-corrected chi connectivity index (χ3v) is 3.25. The second-order valence-electron chi connectivity index (χ2n) is 4.47. The average molecular weight is 234 g/mol. The van der Waals surface area contributed by atoms with Gasteiger partial charge in [-0.25, -0.2) is 4.79 Å². The fraction of sp³-hybridized carbons (Fsp3) is 0.462. The fourth-order valence-corrected chi connectivity index (χ4v) is 1.95. The predicted octanol–water partition coefficient (Wildman–Crippen LogP) is 2.27. The van der Waals surface area contributed by atoms with Crippen molar-refractivity contribution in [1.29, 1.82) is 0 Å². The van der Waals surface area contributed by atoms with Crippen LogP contribution in [0.25, 0.3) is 0 Å². The second-order valence-corrected chi connectivity index (χ2v) is 4.47. The van der Waals surface area contributed by atoms with E-state index in [1.54, 1.807) is 12.1 Å². The number of esters is 1. The molecule has 0 unspecified atom stereocenters. The van der Waals surface area contributed by atoms with Gasteiger partial charge < -0.3 is 15.8 Å². The molecule has 0 atom stereocenters. The summed E-state index contributed by atoms with van der Waals surface area (Å²) in [5, 5.41) is 3.30. The minimum atomic E-state index is -0.353. The molecule has 4 nitrogen and oxygen atoms in total. The number of nitrogens with two attached hydrogens (primary N) is 1. The molecule has 17 heavy (non-hydrogen) atoms. The van der Waals surface area contributed by atoms with Crippen LogP contribution in [0, 0.1) is 5.92 Å². The first-order valence-corrected chi connectivity index (χ1v) is 5.92. The molecule has 0 heterocycles. The average Bonchev–Trinajstić information content (AvgIpc) is 2.27. The highest BCUT2D eigenvalue weighted by molar-refractivity contribution is 5.96. The smallest absolute Gasteiger partial charge is 0.340 e. The molecule has 0 amide bonds. The van der Waals surface area contributed by atoms with Gasteiger partial charge in [0.1, 0.15) is 0 Å². The van der Waals surface area contributed by atoms with Crippen molar-refractivity contribution in [3.05, 3.63) is 23.8 Å². The maximum absolute atomic E-state index is 11.6. The van der Waals surface area contributed by atoms with Crippen LogP contribution >= 0.6 is 0 Å². The molecule has 92 valence electrons. The first kappa shape index (κ1) is 11.8. The van der Waals surface area contributed by atoms with Crippen LogP contribution in [-0.2, 0) is 4.74 Å². The molecule has 4 heteroatoms. The maximum Gasteiger partial charge on any atom is 0.340 e. The van der Waals surface area contributed by atoms with Crippen LogP contribution in [0.1, 0.15) is 29.6 Å². The monoisotopic (exact) mass is 234 g/mol. The Balaban J connectivity index is 2.10. The normalized spacial score (nSPS) is 15.1. The van der Waals surface area contributed by atoms with Crippen LogP contribution in [0.5, 0.6) is 0 Å². The Morgan fingerprint density at radius 3 is 2.88 bits per heavy atom. The van der Waals surface area contributed by atoms with Crippen molar-refractivity contribution in [1.82, 2.24) is 0 Å². The van der Waals surface area contributed by atoms with Gasteiger partial charge >= 0.3 is 5.97 Å². The van der Waals surface area contributed by atoms with Gasteiger partial charge in [-0.2, -0.15) is 0 Å². The van der Waals surface area contributed by atoms with E-state index in [4.69, 9.17) is 10.5 Å². The zero-order valence-electron chi connectivity index (χ0n) is 10.0. The lowest BCUT2D eigenvalue weighted by atomic mass is 9.85. The summed E-state index contributed by atoms with van der Waals surface area (Å²) < 4.78 is 4.74. The van der Waals surface area contributed by atoms with Gasteiger partial charge in [-0.05, 0) is 37.0 Å². The predicted molar refractivity (Wildman–Crippen MR) is 68.0 cm³/mol. The summed E-state index contributed by atoms with van der Waals surface area (Å²) in [6.45, 7) is 0.911. The van der Waals surface area contributed by atoms with E-state index in [-0.39, 0.29) is 5.97 Å². The number of benzene rings is 1. The van der Waals surface area contributed by atoms with E-state index in [2.05, 4.69) is 5.32 Å². The number of carbonyl (C=O) groups excluding carboxylic acids is 1. The molecule has 1 aromatic rings. The summed E-state index contributed by atoms with van der Waals surface area (Å²) in [6.07, 6.45) is 3.86. The first-order valence-electron chi connectivity index (χ1n) is 5.92. The van der Waals surface area contributed by atoms with E-state index >= 15 is 0 Å². The van der Waals surface area contributed by atoms with Gasteiger partial charge in [0.05, 0.1) is 12.7 Å². The topological polar surface area (TPSA) is 64.3 Å². The third kappa shape index (κ3) is 2.70. The lowest BCUT2D eigenvalue weighted by Crippen LogP contribution is -2.22. The molecule has 0 bridgehead atoms. The number of hydrogen-bond acceptors (Lipinski definition) is 4.